The molecular formula is C18H21N5O5. The number of piperazine rings is 1. The predicted octanol–water partition coefficient (Wildman–Crippen LogP) is 1.24. The fourth-order valence-electron chi connectivity index (χ4n) is 2.66. The van der Waals surface area contributed by atoms with E-state index in [1.54, 1.807) is 24.3 Å². The number of amides is 1. The molecule has 0 bridgehead atoms. The van der Waals surface area contributed by atoms with E-state index in [9.17, 15) is 14.9 Å². The normalized spacial score (nSPS) is 14.9. The highest BCUT2D eigenvalue weighted by Gasteiger charge is 2.11. The summed E-state index contributed by atoms with van der Waals surface area (Å²) in [6, 6.07) is 9.34. The second-order valence-electron chi connectivity index (χ2n) is 6.10. The largest absolute Gasteiger partial charge is 0.492 e. The number of carbonyl (C=O) groups is 1. The highest BCUT2D eigenvalue weighted by atomic mass is 16.6. The smallest absolute Gasteiger partial charge is 0.433 e. The highest BCUT2D eigenvalue weighted by Crippen LogP contribution is 2.14. The summed E-state index contributed by atoms with van der Waals surface area (Å²) in [6.45, 7) is 5.50. The molecule has 0 aliphatic carbocycles. The van der Waals surface area contributed by atoms with Gasteiger partial charge in [0.25, 0.3) is 5.91 Å². The van der Waals surface area contributed by atoms with Gasteiger partial charge in [0.05, 0.1) is 12.3 Å². The van der Waals surface area contributed by atoms with E-state index in [2.05, 4.69) is 20.7 Å². The van der Waals surface area contributed by atoms with E-state index in [0.717, 1.165) is 32.7 Å². The molecule has 1 aliphatic heterocycles. The lowest BCUT2D eigenvalue weighted by atomic mass is 10.2. The van der Waals surface area contributed by atoms with Crippen LogP contribution < -0.4 is 15.5 Å². The van der Waals surface area contributed by atoms with Crippen LogP contribution in [0.5, 0.6) is 5.75 Å². The van der Waals surface area contributed by atoms with E-state index in [-0.39, 0.29) is 11.6 Å². The summed E-state index contributed by atoms with van der Waals surface area (Å²) < 4.78 is 10.6. The van der Waals surface area contributed by atoms with E-state index in [0.29, 0.717) is 17.9 Å². The maximum Gasteiger partial charge on any atom is 0.433 e. The van der Waals surface area contributed by atoms with Crippen molar-refractivity contribution < 1.29 is 18.9 Å². The number of hydrogen-bond acceptors (Lipinski definition) is 8. The van der Waals surface area contributed by atoms with Crippen LogP contribution in [-0.4, -0.2) is 61.3 Å². The first-order chi connectivity index (χ1) is 13.6. The van der Waals surface area contributed by atoms with Crippen LogP contribution in [0.2, 0.25) is 0 Å². The van der Waals surface area contributed by atoms with E-state index >= 15 is 0 Å². The zero-order chi connectivity index (χ0) is 19.8. The van der Waals surface area contributed by atoms with Crippen molar-refractivity contribution in [1.82, 2.24) is 15.6 Å². The van der Waals surface area contributed by atoms with Gasteiger partial charge in [0.15, 0.2) is 5.76 Å². The molecule has 3 rings (SSSR count). The van der Waals surface area contributed by atoms with Gasteiger partial charge in [0, 0.05) is 38.3 Å². The molecule has 28 heavy (non-hydrogen) atoms. The lowest BCUT2D eigenvalue weighted by Crippen LogP contribution is -2.44. The van der Waals surface area contributed by atoms with Crippen molar-refractivity contribution in [3.63, 3.8) is 0 Å². The van der Waals surface area contributed by atoms with Crippen LogP contribution in [0.3, 0.4) is 0 Å². The molecule has 2 aromatic rings. The summed E-state index contributed by atoms with van der Waals surface area (Å²) in [5.74, 6) is 0.0586. The van der Waals surface area contributed by atoms with Gasteiger partial charge in [-0.2, -0.15) is 5.10 Å². The lowest BCUT2D eigenvalue weighted by Gasteiger charge is -2.26. The van der Waals surface area contributed by atoms with Crippen molar-refractivity contribution in [3.8, 4) is 5.75 Å². The van der Waals surface area contributed by atoms with Gasteiger partial charge in [-0.25, -0.2) is 5.43 Å². The second kappa shape index (κ2) is 9.62. The number of hydrogen-bond donors (Lipinski definition) is 2. The maximum absolute atomic E-state index is 12.1. The monoisotopic (exact) mass is 387 g/mol. The molecule has 0 atom stereocenters. The molecule has 10 heteroatoms. The number of nitrogens with zero attached hydrogens (tertiary/aromatic N) is 3. The Bertz CT molecular complexity index is 827. The fourth-order valence-corrected chi connectivity index (χ4v) is 2.66. The summed E-state index contributed by atoms with van der Waals surface area (Å²) in [7, 11) is 0. The summed E-state index contributed by atoms with van der Waals surface area (Å²) in [5.41, 5.74) is 2.75. The number of ether oxygens (including phenoxy) is 1. The molecule has 1 amide bonds. The molecule has 0 radical (unpaired) electrons. The number of furan rings is 1. The molecule has 1 saturated heterocycles. The van der Waals surface area contributed by atoms with Crippen LogP contribution >= 0.6 is 0 Å². The second-order valence-corrected chi connectivity index (χ2v) is 6.10. The molecule has 2 N–H and O–H groups in total. The molecule has 2 heterocycles. The van der Waals surface area contributed by atoms with Crippen LogP contribution in [-0.2, 0) is 0 Å². The van der Waals surface area contributed by atoms with Crippen LogP contribution in [0, 0.1) is 10.1 Å². The minimum absolute atomic E-state index is 0.167. The van der Waals surface area contributed by atoms with Crippen LogP contribution in [0.25, 0.3) is 0 Å². The molecule has 0 spiro atoms. The third-order valence-corrected chi connectivity index (χ3v) is 4.15. The molecule has 0 unspecified atom stereocenters. The first-order valence-electron chi connectivity index (χ1n) is 8.85. The van der Waals surface area contributed by atoms with Gasteiger partial charge in [-0.15, -0.1) is 0 Å². The summed E-state index contributed by atoms with van der Waals surface area (Å²) in [4.78, 5) is 24.3. The number of rotatable bonds is 8. The van der Waals surface area contributed by atoms with Gasteiger partial charge < -0.3 is 14.5 Å². The van der Waals surface area contributed by atoms with Gasteiger partial charge >= 0.3 is 5.88 Å². The number of nitro groups is 1. The van der Waals surface area contributed by atoms with E-state index in [4.69, 9.17) is 9.15 Å². The van der Waals surface area contributed by atoms with Crippen LogP contribution in [0.15, 0.2) is 45.9 Å². The zero-order valence-corrected chi connectivity index (χ0v) is 15.2. The molecule has 1 aromatic heterocycles. The first-order valence-corrected chi connectivity index (χ1v) is 8.85. The van der Waals surface area contributed by atoms with Crippen molar-refractivity contribution in [1.29, 1.82) is 0 Å². The van der Waals surface area contributed by atoms with Crippen molar-refractivity contribution in [2.45, 2.75) is 0 Å². The summed E-state index contributed by atoms with van der Waals surface area (Å²) >= 11 is 0. The fraction of sp³-hybridized carbons (Fsp3) is 0.333. The molecule has 10 nitrogen and oxygen atoms in total. The molecule has 1 aromatic carbocycles. The van der Waals surface area contributed by atoms with Gasteiger partial charge in [-0.05, 0) is 30.3 Å². The maximum atomic E-state index is 12.1. The Labute approximate surface area is 161 Å². The number of nitrogens with one attached hydrogen (secondary N) is 2. The Morgan fingerprint density at radius 3 is 2.71 bits per heavy atom. The number of carbonyl (C=O) groups excluding carboxylic acids is 1. The highest BCUT2D eigenvalue weighted by molar-refractivity contribution is 5.94. The van der Waals surface area contributed by atoms with Gasteiger partial charge in [0.1, 0.15) is 17.3 Å². The molecular weight excluding hydrogens is 366 g/mol. The van der Waals surface area contributed by atoms with Crippen molar-refractivity contribution in [2.75, 3.05) is 39.3 Å². The zero-order valence-electron chi connectivity index (χ0n) is 15.2. The van der Waals surface area contributed by atoms with Crippen LogP contribution in [0.1, 0.15) is 16.1 Å². The molecule has 148 valence electrons. The Kier molecular flexibility index (Phi) is 6.71. The summed E-state index contributed by atoms with van der Waals surface area (Å²) in [6.07, 6.45) is 1.19. The quantitative estimate of drug-likeness (QED) is 0.397. The van der Waals surface area contributed by atoms with E-state index in [1.807, 2.05) is 0 Å². The topological polar surface area (TPSA) is 122 Å². The Morgan fingerprint density at radius 1 is 1.29 bits per heavy atom. The van der Waals surface area contributed by atoms with Crippen molar-refractivity contribution in [3.05, 3.63) is 57.8 Å². The minimum Gasteiger partial charge on any atom is -0.492 e. The SMILES string of the molecule is O=C(N/N=C/c1ccc([N+](=O)[O-])o1)c1ccc(OCCN2CCNCC2)cc1. The van der Waals surface area contributed by atoms with Crippen LogP contribution in [0.4, 0.5) is 5.88 Å². The Balaban J connectivity index is 1.43. The first kappa shape index (κ1) is 19.5. The van der Waals surface area contributed by atoms with E-state index < -0.39 is 10.8 Å². The minimum atomic E-state index is -0.650. The predicted molar refractivity (Wildman–Crippen MR) is 102 cm³/mol. The third-order valence-electron chi connectivity index (χ3n) is 4.15. The van der Waals surface area contributed by atoms with Gasteiger partial charge in [-0.1, -0.05) is 0 Å². The van der Waals surface area contributed by atoms with Crippen molar-refractivity contribution in [2.24, 2.45) is 5.10 Å². The Morgan fingerprint density at radius 2 is 2.04 bits per heavy atom. The van der Waals surface area contributed by atoms with Gasteiger partial charge in [-0.3, -0.25) is 19.8 Å². The standard InChI is InChI=1S/C18H21N5O5/c24-18(21-20-13-16-5-6-17(28-16)23(25)26)14-1-3-15(4-2-14)27-12-11-22-9-7-19-8-10-22/h1-6,13,19H,7-12H2,(H,21,24)/b20-13+. The average molecular weight is 387 g/mol. The summed E-state index contributed by atoms with van der Waals surface area (Å²) in [5, 5.41) is 17.6. The third kappa shape index (κ3) is 5.63. The number of benzene rings is 1. The molecule has 1 fully saturated rings. The van der Waals surface area contributed by atoms with Crippen molar-refractivity contribution >= 4 is 18.0 Å². The lowest BCUT2D eigenvalue weighted by molar-refractivity contribution is -0.402. The molecule has 1 aliphatic rings. The molecule has 0 saturated carbocycles. The average Bonchev–Trinajstić information content (AvgIpc) is 3.19. The number of hydrazone groups is 1. The van der Waals surface area contributed by atoms with E-state index in [1.165, 1.54) is 18.3 Å². The Hall–Kier alpha value is -3.24. The van der Waals surface area contributed by atoms with Gasteiger partial charge in [0.2, 0.25) is 0 Å².